The second kappa shape index (κ2) is 13.9. The van der Waals surface area contributed by atoms with Crippen molar-refractivity contribution < 1.29 is 55.1 Å². The predicted molar refractivity (Wildman–Crippen MR) is 261 cm³/mol. The molecule has 0 amide bonds. The van der Waals surface area contributed by atoms with Gasteiger partial charge in [0.15, 0.2) is 5.58 Å². The van der Waals surface area contributed by atoms with Crippen molar-refractivity contribution in [1.29, 1.82) is 0 Å². The van der Waals surface area contributed by atoms with Crippen LogP contribution in [0.5, 0.6) is 0 Å². The van der Waals surface area contributed by atoms with Gasteiger partial charge in [-0.05, 0) is 114 Å². The van der Waals surface area contributed by atoms with Crippen LogP contribution in [0, 0.1) is 0 Å². The van der Waals surface area contributed by atoms with Gasteiger partial charge in [-0.1, -0.05) is 199 Å². The second-order valence-corrected chi connectivity index (χ2v) is 14.0. The Kier molecular flexibility index (Phi) is 3.25. The smallest absolute Gasteiger partial charge is 0.159 e. The Morgan fingerprint density at radius 1 is 0.317 bits per heavy atom. The normalized spacial score (nSPS) is 21.4. The highest BCUT2D eigenvalue weighted by Crippen LogP contribution is 2.64. The molecule has 1 spiro atoms. The second-order valence-electron chi connectivity index (χ2n) is 14.0. The minimum Gasteiger partial charge on any atom is -0.454 e. The minimum atomic E-state index is -3.25. The first kappa shape index (κ1) is 14.7. The molecule has 11 aromatic rings. The molecular weight excluding hydrogens is 763 g/mol. The monoisotopic (exact) mass is 839 g/mol. The number of fused-ring (bicyclic) bond motifs is 12. The average Bonchev–Trinajstić information content (AvgIpc) is 1.42. The molecule has 0 saturated heterocycles. The summed E-state index contributed by atoms with van der Waals surface area (Å²) in [6, 6.07) is -38.6. The molecule has 0 N–H and O–H groups in total. The topological polar surface area (TPSA) is 16.4 Å². The lowest BCUT2D eigenvalue weighted by molar-refractivity contribution is 0.668. The number of anilines is 3. The Bertz CT molecular complexity index is 5450. The van der Waals surface area contributed by atoms with Crippen molar-refractivity contribution in [3.8, 4) is 55.6 Å². The first-order valence-electron chi connectivity index (χ1n) is 37.2. The van der Waals surface area contributed by atoms with Gasteiger partial charge in [-0.3, -0.25) is 0 Å². The molecule has 1 aliphatic heterocycles. The summed E-state index contributed by atoms with van der Waals surface area (Å²) in [5.74, 6) is 0. The van der Waals surface area contributed by atoms with Gasteiger partial charge in [-0.2, -0.15) is 0 Å². The predicted octanol–water partition coefficient (Wildman–Crippen LogP) is 16.4. The molecule has 1 aliphatic carbocycles. The van der Waals surface area contributed by atoms with Crippen LogP contribution in [0.15, 0.2) is 240 Å². The van der Waals surface area contributed by atoms with E-state index in [4.69, 9.17) is 31.8 Å². The molecule has 0 fully saturated rings. The first-order valence-corrected chi connectivity index (χ1v) is 18.7. The van der Waals surface area contributed by atoms with Gasteiger partial charge in [0.2, 0.25) is 0 Å². The van der Waals surface area contributed by atoms with Crippen LogP contribution in [0.4, 0.5) is 17.1 Å². The summed E-state index contributed by atoms with van der Waals surface area (Å²) in [6.07, 6.45) is 0. The maximum absolute atomic E-state index is 10.6. The van der Waals surface area contributed by atoms with Crippen LogP contribution < -0.4 is 4.90 Å². The lowest BCUT2D eigenvalue weighted by Gasteiger charge is -2.45. The number of hydrogen-bond acceptors (Lipinski definition) is 2. The Hall–Kier alpha value is -8.20. The van der Waals surface area contributed by atoms with Crippen LogP contribution in [-0.2, 0) is 5.41 Å². The summed E-state index contributed by atoms with van der Waals surface area (Å²) in [6.45, 7) is 0. The molecule has 13 rings (SSSR count). The Balaban J connectivity index is 1.39. The molecule has 0 bridgehead atoms. The summed E-state index contributed by atoms with van der Waals surface area (Å²) in [7, 11) is 0. The quantitative estimate of drug-likeness (QED) is 0.172. The number of para-hydroxylation sites is 2. The fraction of sp³-hybridized carbons (Fsp3) is 0.0164. The SMILES string of the molecule is [2H]c1c(-c2c([2H])c([2H])c([2H])c([2H])c2-c2c([2H])c([2H])c([2H])c([2H])c2[2H])cc2c(c1[2H])N(c1c([2H])c([2H])c([2H])c3c1oc1c([2H])c([2H])c([2H])c([2H])c13)c1c(cc(-c3c([2H])c([2H])c([2H])c([2H])c3-c3c([2H])c([2H])c([2H])c([2H])c3[2H])c([2H])c1[2H])C21c2c([2H])c([2H])c([2H])c([2H])c2-c2c([2H])c([2H])c([2H])c([2H])c21. The third-order valence-corrected chi connectivity index (χ3v) is 10.9. The zero-order valence-corrected chi connectivity index (χ0v) is 31.5. The standard InChI is InChI=1S/C61H39NO/c1-3-18-40(19-4-1)44-22-7-9-24-46(44)42-34-36-56-54(38-42)61(52-30-14-11-26-48(52)49-27-12-15-31-53(49)61)55-39-43(47-25-10-8-23-45(47)41-20-5-2-6-21-41)35-37-57(55)62(56)58-32-17-29-51-50-28-13-16-33-59(50)63-60(51)58/h1-39H/i1D,2D,3D,4D,5D,6D,7D,8D,9D,10D,11D,12D,13D,14D,15D,16D,17D,18D,19D,20D,21D,22D,23D,24D,25D,26D,27D,28D,29D,30D,31D,32D,33D,34D,35D,36D,37D. The number of hydrogen-bond donors (Lipinski definition) is 0. The molecule has 2 nitrogen and oxygen atoms in total. The fourth-order valence-corrected chi connectivity index (χ4v) is 8.41. The zero-order valence-electron chi connectivity index (χ0n) is 68.5. The largest absolute Gasteiger partial charge is 0.454 e. The maximum Gasteiger partial charge on any atom is 0.159 e. The summed E-state index contributed by atoms with van der Waals surface area (Å²) < 4.78 is 352. The van der Waals surface area contributed by atoms with Gasteiger partial charge in [0, 0.05) is 10.8 Å². The molecule has 0 unspecified atom stereocenters. The highest BCUT2D eigenvalue weighted by Gasteiger charge is 2.52. The minimum absolute atomic E-state index is 0.595. The van der Waals surface area contributed by atoms with Gasteiger partial charge in [0.05, 0.1) is 73.2 Å². The summed E-state index contributed by atoms with van der Waals surface area (Å²) >= 11 is 0. The van der Waals surface area contributed by atoms with Crippen LogP contribution in [0.25, 0.3) is 77.6 Å². The van der Waals surface area contributed by atoms with Gasteiger partial charge < -0.3 is 9.32 Å². The molecule has 0 radical (unpaired) electrons. The molecule has 2 aliphatic rings. The van der Waals surface area contributed by atoms with Crippen molar-refractivity contribution >= 4 is 39.0 Å². The molecule has 2 heterocycles. The number of furan rings is 1. The Morgan fingerprint density at radius 2 is 0.746 bits per heavy atom. The molecular formula is C61H39NO. The Morgan fingerprint density at radius 3 is 1.29 bits per heavy atom. The van der Waals surface area contributed by atoms with Gasteiger partial charge in [-0.25, -0.2) is 0 Å². The van der Waals surface area contributed by atoms with Crippen LogP contribution in [-0.4, -0.2) is 0 Å². The van der Waals surface area contributed by atoms with E-state index < -0.39 is 346 Å². The average molecular weight is 839 g/mol. The van der Waals surface area contributed by atoms with Crippen molar-refractivity contribution in [3.63, 3.8) is 0 Å². The van der Waals surface area contributed by atoms with Crippen LogP contribution in [0.1, 0.15) is 73.0 Å². The lowest BCUT2D eigenvalue weighted by Crippen LogP contribution is -2.36. The third kappa shape index (κ3) is 5.19. The molecule has 63 heavy (non-hydrogen) atoms. The molecule has 10 aromatic carbocycles. The number of rotatable bonds is 5. The van der Waals surface area contributed by atoms with Crippen LogP contribution in [0.3, 0.4) is 0 Å². The first-order chi connectivity index (χ1) is 46.6. The van der Waals surface area contributed by atoms with E-state index in [0.29, 0.717) is 4.90 Å². The highest BCUT2D eigenvalue weighted by atomic mass is 16.3. The van der Waals surface area contributed by atoms with Crippen LogP contribution in [0.2, 0.25) is 0 Å². The molecule has 0 atom stereocenters. The van der Waals surface area contributed by atoms with E-state index in [1.807, 2.05) is 0 Å². The van der Waals surface area contributed by atoms with Crippen molar-refractivity contribution in [3.05, 3.63) is 258 Å². The van der Waals surface area contributed by atoms with Crippen molar-refractivity contribution in [2.75, 3.05) is 4.90 Å². The molecule has 1 aromatic heterocycles. The zero-order chi connectivity index (χ0) is 73.7. The fourth-order valence-electron chi connectivity index (χ4n) is 8.41. The van der Waals surface area contributed by atoms with E-state index in [9.17, 15) is 23.3 Å². The van der Waals surface area contributed by atoms with Crippen LogP contribution >= 0.6 is 0 Å². The van der Waals surface area contributed by atoms with E-state index in [1.54, 1.807) is 0 Å². The number of benzene rings is 10. The Labute approximate surface area is 418 Å². The summed E-state index contributed by atoms with van der Waals surface area (Å²) in [4.78, 5) is 0.661. The van der Waals surface area contributed by atoms with Gasteiger partial charge in [-0.15, -0.1) is 0 Å². The lowest BCUT2D eigenvalue weighted by atomic mass is 9.64. The third-order valence-electron chi connectivity index (χ3n) is 10.9. The van der Waals surface area contributed by atoms with E-state index in [-0.39, 0.29) is 0 Å². The summed E-state index contributed by atoms with van der Waals surface area (Å²) in [5.41, 5.74) is -20.3. The molecule has 0 saturated carbocycles. The molecule has 294 valence electrons. The van der Waals surface area contributed by atoms with E-state index in [1.165, 1.54) is 0 Å². The van der Waals surface area contributed by atoms with Gasteiger partial charge in [0.1, 0.15) is 5.58 Å². The summed E-state index contributed by atoms with van der Waals surface area (Å²) in [5, 5.41) is -1.26. The van der Waals surface area contributed by atoms with Crippen molar-refractivity contribution in [1.82, 2.24) is 0 Å². The van der Waals surface area contributed by atoms with Gasteiger partial charge in [0.25, 0.3) is 0 Å². The van der Waals surface area contributed by atoms with E-state index in [0.717, 1.165) is 12.1 Å². The van der Waals surface area contributed by atoms with Crippen molar-refractivity contribution in [2.24, 2.45) is 0 Å². The van der Waals surface area contributed by atoms with Gasteiger partial charge >= 0.3 is 0 Å². The van der Waals surface area contributed by atoms with Crippen molar-refractivity contribution in [2.45, 2.75) is 5.41 Å². The molecule has 2 heteroatoms. The number of nitrogens with zero attached hydrogens (tertiary/aromatic N) is 1. The highest BCUT2D eigenvalue weighted by molar-refractivity contribution is 6.11. The maximum atomic E-state index is 10.6. The van der Waals surface area contributed by atoms with E-state index in [2.05, 4.69) is 0 Å². The van der Waals surface area contributed by atoms with E-state index >= 15 is 0 Å².